The number of rotatable bonds is 3. The van der Waals surface area contributed by atoms with Gasteiger partial charge < -0.3 is 10.6 Å². The number of hydrogen-bond acceptors (Lipinski definition) is 5. The van der Waals surface area contributed by atoms with Gasteiger partial charge in [0.25, 0.3) is 0 Å². The molecule has 1 aliphatic heterocycles. The van der Waals surface area contributed by atoms with Crippen molar-refractivity contribution in [2.45, 2.75) is 12.3 Å². The van der Waals surface area contributed by atoms with Crippen LogP contribution in [0.5, 0.6) is 0 Å². The number of pyridine rings is 1. The van der Waals surface area contributed by atoms with Crippen molar-refractivity contribution in [3.05, 3.63) is 36.4 Å². The molecule has 1 saturated heterocycles. The van der Waals surface area contributed by atoms with E-state index in [1.807, 2.05) is 23.8 Å². The summed E-state index contributed by atoms with van der Waals surface area (Å²) in [6, 6.07) is 4.10. The molecule has 3 aromatic heterocycles. The average Bonchev–Trinajstić information content (AvgIpc) is 3.18. The summed E-state index contributed by atoms with van der Waals surface area (Å²) in [4.78, 5) is 4.33. The van der Waals surface area contributed by atoms with E-state index >= 15 is 0 Å². The molecule has 0 amide bonds. The molecule has 7 nitrogen and oxygen atoms in total. The molecule has 1 atom stereocenters. The first kappa shape index (κ1) is 12.3. The van der Waals surface area contributed by atoms with E-state index in [4.69, 9.17) is 0 Å². The maximum Gasteiger partial charge on any atom is 0.178 e. The van der Waals surface area contributed by atoms with Crippen molar-refractivity contribution in [3.8, 4) is 0 Å². The summed E-state index contributed by atoms with van der Waals surface area (Å²) in [6.07, 6.45) is 6.72. The molecule has 1 aliphatic rings. The topological polar surface area (TPSA) is 72.1 Å². The van der Waals surface area contributed by atoms with Crippen molar-refractivity contribution in [2.75, 3.05) is 18.4 Å². The number of nitrogens with one attached hydrogen (secondary N) is 2. The lowest BCUT2D eigenvalue weighted by atomic mass is 10.00. The third-order valence-electron chi connectivity index (χ3n) is 3.90. The van der Waals surface area contributed by atoms with Gasteiger partial charge in [-0.2, -0.15) is 10.2 Å². The van der Waals surface area contributed by atoms with Crippen LogP contribution in [0.15, 0.2) is 30.9 Å². The number of fused-ring (bicyclic) bond motifs is 1. The highest BCUT2D eigenvalue weighted by molar-refractivity contribution is 5.72. The van der Waals surface area contributed by atoms with E-state index in [9.17, 15) is 0 Å². The van der Waals surface area contributed by atoms with Gasteiger partial charge in [-0.15, -0.1) is 0 Å². The van der Waals surface area contributed by atoms with Crippen LogP contribution < -0.4 is 10.6 Å². The van der Waals surface area contributed by atoms with Crippen molar-refractivity contribution in [2.24, 2.45) is 7.05 Å². The molecule has 3 aromatic rings. The van der Waals surface area contributed by atoms with Crippen LogP contribution in [0.3, 0.4) is 0 Å². The second-order valence-corrected chi connectivity index (χ2v) is 5.40. The van der Waals surface area contributed by atoms with Crippen molar-refractivity contribution in [1.82, 2.24) is 29.7 Å². The van der Waals surface area contributed by atoms with Crippen LogP contribution in [0.2, 0.25) is 0 Å². The van der Waals surface area contributed by atoms with Gasteiger partial charge >= 0.3 is 0 Å². The molecule has 0 aromatic carbocycles. The lowest BCUT2D eigenvalue weighted by Crippen LogP contribution is -2.09. The van der Waals surface area contributed by atoms with Crippen LogP contribution in [-0.4, -0.2) is 37.5 Å². The Morgan fingerprint density at radius 1 is 1.43 bits per heavy atom. The largest absolute Gasteiger partial charge is 0.336 e. The van der Waals surface area contributed by atoms with Gasteiger partial charge in [0.2, 0.25) is 0 Å². The van der Waals surface area contributed by atoms with Crippen LogP contribution >= 0.6 is 0 Å². The minimum absolute atomic E-state index is 0.530. The zero-order valence-corrected chi connectivity index (χ0v) is 11.8. The monoisotopic (exact) mass is 283 g/mol. The van der Waals surface area contributed by atoms with E-state index < -0.39 is 0 Å². The minimum Gasteiger partial charge on any atom is -0.336 e. The maximum atomic E-state index is 4.36. The summed E-state index contributed by atoms with van der Waals surface area (Å²) in [5.41, 5.74) is 3.03. The predicted molar refractivity (Wildman–Crippen MR) is 79.7 cm³/mol. The zero-order chi connectivity index (χ0) is 14.2. The molecule has 0 aliphatic carbocycles. The summed E-state index contributed by atoms with van der Waals surface area (Å²) < 4.78 is 3.60. The van der Waals surface area contributed by atoms with Crippen LogP contribution in [0, 0.1) is 0 Å². The van der Waals surface area contributed by atoms with Gasteiger partial charge in [0, 0.05) is 32.1 Å². The Morgan fingerprint density at radius 3 is 3.14 bits per heavy atom. The number of aryl methyl sites for hydroxylation is 1. The molecule has 21 heavy (non-hydrogen) atoms. The van der Waals surface area contributed by atoms with Crippen LogP contribution in [0.4, 0.5) is 11.5 Å². The molecule has 0 bridgehead atoms. The summed E-state index contributed by atoms with van der Waals surface area (Å²) >= 11 is 0. The molecule has 1 fully saturated rings. The fourth-order valence-corrected chi connectivity index (χ4v) is 2.82. The molecule has 4 heterocycles. The number of anilines is 2. The molecule has 0 radical (unpaired) electrons. The molecular formula is C14H17N7. The lowest BCUT2D eigenvalue weighted by Gasteiger charge is -2.12. The van der Waals surface area contributed by atoms with Gasteiger partial charge in [-0.3, -0.25) is 4.68 Å². The average molecular weight is 283 g/mol. The van der Waals surface area contributed by atoms with Crippen molar-refractivity contribution >= 4 is 17.2 Å². The van der Waals surface area contributed by atoms with Gasteiger partial charge in [-0.25, -0.2) is 9.50 Å². The Labute approximate surface area is 122 Å². The fraction of sp³-hybridized carbons (Fsp3) is 0.357. The van der Waals surface area contributed by atoms with E-state index in [2.05, 4.69) is 38.1 Å². The van der Waals surface area contributed by atoms with Gasteiger partial charge in [0.1, 0.15) is 6.33 Å². The summed E-state index contributed by atoms with van der Waals surface area (Å²) in [6.45, 7) is 2.09. The predicted octanol–water partition coefficient (Wildman–Crippen LogP) is 1.28. The number of hydrogen-bond donors (Lipinski definition) is 2. The highest BCUT2D eigenvalue weighted by Crippen LogP contribution is 2.28. The molecule has 0 spiro atoms. The Kier molecular flexibility index (Phi) is 2.85. The number of aromatic nitrogens is 5. The first-order chi connectivity index (χ1) is 10.3. The highest BCUT2D eigenvalue weighted by atomic mass is 15.3. The highest BCUT2D eigenvalue weighted by Gasteiger charge is 2.19. The van der Waals surface area contributed by atoms with Crippen molar-refractivity contribution in [3.63, 3.8) is 0 Å². The molecule has 1 unspecified atom stereocenters. The van der Waals surface area contributed by atoms with Gasteiger partial charge in [-0.05, 0) is 30.5 Å². The molecule has 4 rings (SSSR count). The normalized spacial score (nSPS) is 18.4. The van der Waals surface area contributed by atoms with Crippen molar-refractivity contribution in [1.29, 1.82) is 0 Å². The summed E-state index contributed by atoms with van der Waals surface area (Å²) in [5.74, 6) is 1.34. The Bertz CT molecular complexity index is 767. The third kappa shape index (κ3) is 2.25. The number of nitrogens with zero attached hydrogens (tertiary/aromatic N) is 5. The Balaban J connectivity index is 1.76. The molecule has 108 valence electrons. The van der Waals surface area contributed by atoms with E-state index in [1.165, 1.54) is 5.56 Å². The molecule has 0 saturated carbocycles. The van der Waals surface area contributed by atoms with E-state index in [0.29, 0.717) is 5.92 Å². The van der Waals surface area contributed by atoms with Crippen LogP contribution in [0.1, 0.15) is 17.9 Å². The summed E-state index contributed by atoms with van der Waals surface area (Å²) in [5, 5.41) is 15.4. The fourth-order valence-electron chi connectivity index (χ4n) is 2.82. The van der Waals surface area contributed by atoms with E-state index in [0.717, 1.165) is 36.7 Å². The standard InChI is InChI=1S/C14H17N7/c1-20-5-3-13(19-20)18-12-6-11(10-2-4-15-7-10)8-21-14(12)16-9-17-21/h3,5-6,8-10,15H,2,4,7H2,1H3,(H,18,19). The Morgan fingerprint density at radius 2 is 2.38 bits per heavy atom. The Hall–Kier alpha value is -2.41. The van der Waals surface area contributed by atoms with E-state index in [-0.39, 0.29) is 0 Å². The SMILES string of the molecule is Cn1ccc(Nc2cc(C3CCNC3)cn3ncnc23)n1. The minimum atomic E-state index is 0.530. The van der Waals surface area contributed by atoms with E-state index in [1.54, 1.807) is 11.0 Å². The van der Waals surface area contributed by atoms with Crippen LogP contribution in [-0.2, 0) is 7.05 Å². The first-order valence-corrected chi connectivity index (χ1v) is 7.10. The van der Waals surface area contributed by atoms with Gasteiger partial charge in [0.05, 0.1) is 5.69 Å². The molecule has 7 heteroatoms. The second kappa shape index (κ2) is 4.85. The van der Waals surface area contributed by atoms with Gasteiger partial charge in [-0.1, -0.05) is 0 Å². The molecular weight excluding hydrogens is 266 g/mol. The zero-order valence-electron chi connectivity index (χ0n) is 11.8. The summed E-state index contributed by atoms with van der Waals surface area (Å²) in [7, 11) is 1.90. The van der Waals surface area contributed by atoms with Crippen molar-refractivity contribution < 1.29 is 0 Å². The molecule has 2 N–H and O–H groups in total. The first-order valence-electron chi connectivity index (χ1n) is 7.10. The maximum absolute atomic E-state index is 4.36. The third-order valence-corrected chi connectivity index (χ3v) is 3.90. The smallest absolute Gasteiger partial charge is 0.178 e. The van der Waals surface area contributed by atoms with Crippen LogP contribution in [0.25, 0.3) is 5.65 Å². The van der Waals surface area contributed by atoms with Gasteiger partial charge in [0.15, 0.2) is 11.5 Å². The quantitative estimate of drug-likeness (QED) is 0.757. The lowest BCUT2D eigenvalue weighted by molar-refractivity contribution is 0.751. The second-order valence-electron chi connectivity index (χ2n) is 5.40.